The van der Waals surface area contributed by atoms with E-state index in [1.807, 2.05) is 25.1 Å². The van der Waals surface area contributed by atoms with Crippen LogP contribution in [0.5, 0.6) is 5.75 Å². The molecule has 7 nitrogen and oxygen atoms in total. The van der Waals surface area contributed by atoms with Crippen molar-refractivity contribution < 1.29 is 19.9 Å². The average Bonchev–Trinajstić information content (AvgIpc) is 2.62. The second-order valence-corrected chi connectivity index (χ2v) is 5.77. The lowest BCUT2D eigenvalue weighted by Crippen LogP contribution is -2.37. The van der Waals surface area contributed by atoms with Crippen molar-refractivity contribution in [1.29, 1.82) is 0 Å². The van der Waals surface area contributed by atoms with Crippen LogP contribution in [0, 0.1) is 17.0 Å². The molecule has 0 fully saturated rings. The van der Waals surface area contributed by atoms with Gasteiger partial charge in [0.25, 0.3) is 5.69 Å². The lowest BCUT2D eigenvalue weighted by atomic mass is 10.0. The third kappa shape index (κ3) is 4.76. The van der Waals surface area contributed by atoms with E-state index in [9.17, 15) is 20.3 Å². The Balaban J connectivity index is 2.03. The van der Waals surface area contributed by atoms with Crippen molar-refractivity contribution in [2.75, 3.05) is 13.7 Å². The van der Waals surface area contributed by atoms with E-state index in [4.69, 9.17) is 4.74 Å². The van der Waals surface area contributed by atoms with E-state index < -0.39 is 17.1 Å². The fourth-order valence-corrected chi connectivity index (χ4v) is 2.60. The van der Waals surface area contributed by atoms with Gasteiger partial charge in [-0.25, -0.2) is 0 Å². The molecule has 0 aromatic heterocycles. The molecule has 0 saturated carbocycles. The van der Waals surface area contributed by atoms with E-state index in [-0.39, 0.29) is 12.3 Å². The molecule has 0 aliphatic carbocycles. The van der Waals surface area contributed by atoms with E-state index in [0.717, 1.165) is 16.9 Å². The highest BCUT2D eigenvalue weighted by Crippen LogP contribution is 2.22. The van der Waals surface area contributed by atoms with Crippen LogP contribution >= 0.6 is 0 Å². The molecule has 2 atom stereocenters. The summed E-state index contributed by atoms with van der Waals surface area (Å²) in [6.45, 7) is 2.13. The molecule has 134 valence electrons. The molecule has 0 amide bonds. The maximum absolute atomic E-state index is 10.7. The average molecular weight is 346 g/mol. The summed E-state index contributed by atoms with van der Waals surface area (Å²) in [5, 5.41) is 33.8. The quantitative estimate of drug-likeness (QED) is 0.499. The Morgan fingerprint density at radius 2 is 1.92 bits per heavy atom. The van der Waals surface area contributed by atoms with Gasteiger partial charge in [-0.3, -0.25) is 10.1 Å². The third-order valence-corrected chi connectivity index (χ3v) is 4.05. The minimum Gasteiger partial charge on any atom is -0.496 e. The second kappa shape index (κ2) is 8.57. The molecule has 2 aromatic carbocycles. The van der Waals surface area contributed by atoms with Crippen molar-refractivity contribution in [3.05, 3.63) is 69.3 Å². The Kier molecular flexibility index (Phi) is 6.46. The van der Waals surface area contributed by atoms with Crippen LogP contribution in [0.2, 0.25) is 0 Å². The number of methoxy groups -OCH3 is 1. The summed E-state index contributed by atoms with van der Waals surface area (Å²) >= 11 is 0. The molecular weight excluding hydrogens is 324 g/mol. The van der Waals surface area contributed by atoms with Gasteiger partial charge in [-0.05, 0) is 41.8 Å². The van der Waals surface area contributed by atoms with Gasteiger partial charge < -0.3 is 20.3 Å². The number of hydrogen-bond acceptors (Lipinski definition) is 6. The minimum absolute atomic E-state index is 0.0434. The van der Waals surface area contributed by atoms with Gasteiger partial charge >= 0.3 is 0 Å². The number of aliphatic hydroxyl groups excluding tert-OH is 2. The SMILES string of the molecule is COc1ccc(CN[C@@H](CO)[C@@H](O)c2ccc([N+](=O)[O-])cc2)cc1C. The first-order chi connectivity index (χ1) is 12.0. The van der Waals surface area contributed by atoms with Crippen LogP contribution in [0.15, 0.2) is 42.5 Å². The topological polar surface area (TPSA) is 105 Å². The van der Waals surface area contributed by atoms with Crippen LogP contribution < -0.4 is 10.1 Å². The van der Waals surface area contributed by atoms with Crippen LogP contribution in [0.1, 0.15) is 22.8 Å². The Hall–Kier alpha value is -2.48. The predicted molar refractivity (Wildman–Crippen MR) is 93.5 cm³/mol. The standard InChI is InChI=1S/C18H22N2O5/c1-12-9-13(3-8-17(12)25-2)10-19-16(11-21)18(22)14-4-6-15(7-5-14)20(23)24/h3-9,16,18-19,21-22H,10-11H2,1-2H3/t16-,18-/m0/s1. The van der Waals surface area contributed by atoms with Crippen molar-refractivity contribution in [2.24, 2.45) is 0 Å². The zero-order valence-corrected chi connectivity index (χ0v) is 14.2. The Morgan fingerprint density at radius 3 is 2.44 bits per heavy atom. The Morgan fingerprint density at radius 1 is 1.24 bits per heavy atom. The van der Waals surface area contributed by atoms with Gasteiger partial charge in [0, 0.05) is 18.7 Å². The summed E-state index contributed by atoms with van der Waals surface area (Å²) in [4.78, 5) is 10.2. The number of nitrogens with one attached hydrogen (secondary N) is 1. The number of nitro benzene ring substituents is 1. The van der Waals surface area contributed by atoms with Crippen LogP contribution in [-0.2, 0) is 6.54 Å². The van der Waals surface area contributed by atoms with Gasteiger partial charge in [-0.1, -0.05) is 12.1 Å². The van der Waals surface area contributed by atoms with Crippen molar-refractivity contribution in [2.45, 2.75) is 25.6 Å². The highest BCUT2D eigenvalue weighted by Gasteiger charge is 2.20. The van der Waals surface area contributed by atoms with Crippen molar-refractivity contribution in [3.8, 4) is 5.75 Å². The third-order valence-electron chi connectivity index (χ3n) is 4.05. The molecule has 0 unspecified atom stereocenters. The van der Waals surface area contributed by atoms with Gasteiger partial charge in [-0.2, -0.15) is 0 Å². The molecule has 25 heavy (non-hydrogen) atoms. The van der Waals surface area contributed by atoms with Crippen LogP contribution in [0.4, 0.5) is 5.69 Å². The summed E-state index contributed by atoms with van der Waals surface area (Å²) in [5.74, 6) is 0.799. The maximum atomic E-state index is 10.7. The van der Waals surface area contributed by atoms with Gasteiger partial charge in [0.2, 0.25) is 0 Å². The molecule has 2 rings (SSSR count). The van der Waals surface area contributed by atoms with Crippen LogP contribution in [-0.4, -0.2) is 34.9 Å². The molecule has 0 spiro atoms. The van der Waals surface area contributed by atoms with E-state index in [1.54, 1.807) is 7.11 Å². The molecule has 0 aliphatic heterocycles. The molecule has 7 heteroatoms. The highest BCUT2D eigenvalue weighted by atomic mass is 16.6. The van der Waals surface area contributed by atoms with E-state index in [0.29, 0.717) is 12.1 Å². The molecule has 2 aromatic rings. The fraction of sp³-hybridized carbons (Fsp3) is 0.333. The second-order valence-electron chi connectivity index (χ2n) is 5.77. The number of nitro groups is 1. The Bertz CT molecular complexity index is 718. The Labute approximate surface area is 146 Å². The maximum Gasteiger partial charge on any atom is 0.269 e. The molecular formula is C18H22N2O5. The number of rotatable bonds is 8. The lowest BCUT2D eigenvalue weighted by molar-refractivity contribution is -0.384. The fourth-order valence-electron chi connectivity index (χ4n) is 2.60. The van der Waals surface area contributed by atoms with Crippen LogP contribution in [0.25, 0.3) is 0 Å². The van der Waals surface area contributed by atoms with Gasteiger partial charge in [0.1, 0.15) is 5.75 Å². The number of hydrogen-bond donors (Lipinski definition) is 3. The number of non-ortho nitro benzene ring substituents is 1. The van der Waals surface area contributed by atoms with Crippen molar-refractivity contribution in [1.82, 2.24) is 5.32 Å². The van der Waals surface area contributed by atoms with Crippen molar-refractivity contribution >= 4 is 5.69 Å². The monoisotopic (exact) mass is 346 g/mol. The lowest BCUT2D eigenvalue weighted by Gasteiger charge is -2.23. The van der Waals surface area contributed by atoms with Gasteiger partial charge in [-0.15, -0.1) is 0 Å². The number of ether oxygens (including phenoxy) is 1. The number of aryl methyl sites for hydroxylation is 1. The molecule has 0 saturated heterocycles. The first kappa shape index (κ1) is 18.9. The number of aliphatic hydroxyl groups is 2. The highest BCUT2D eigenvalue weighted by molar-refractivity contribution is 5.36. The normalized spacial score (nSPS) is 13.3. The number of benzene rings is 2. The first-order valence-electron chi connectivity index (χ1n) is 7.86. The molecule has 0 aliphatic rings. The van der Waals surface area contributed by atoms with Crippen LogP contribution in [0.3, 0.4) is 0 Å². The largest absolute Gasteiger partial charge is 0.496 e. The smallest absolute Gasteiger partial charge is 0.269 e. The number of nitrogens with zero attached hydrogens (tertiary/aromatic N) is 1. The zero-order chi connectivity index (χ0) is 18.4. The zero-order valence-electron chi connectivity index (χ0n) is 14.2. The van der Waals surface area contributed by atoms with E-state index >= 15 is 0 Å². The van der Waals surface area contributed by atoms with Gasteiger partial charge in [0.15, 0.2) is 0 Å². The van der Waals surface area contributed by atoms with E-state index in [2.05, 4.69) is 5.32 Å². The predicted octanol–water partition coefficient (Wildman–Crippen LogP) is 2.10. The summed E-state index contributed by atoms with van der Waals surface area (Å²) in [6.07, 6.45) is -0.981. The van der Waals surface area contributed by atoms with Gasteiger partial charge in [0.05, 0.1) is 30.8 Å². The van der Waals surface area contributed by atoms with E-state index in [1.165, 1.54) is 24.3 Å². The molecule has 3 N–H and O–H groups in total. The summed E-state index contributed by atoms with van der Waals surface area (Å²) < 4.78 is 5.22. The minimum atomic E-state index is -0.981. The summed E-state index contributed by atoms with van der Waals surface area (Å²) in [5.41, 5.74) is 2.45. The molecule has 0 radical (unpaired) electrons. The first-order valence-corrected chi connectivity index (χ1v) is 7.86. The molecule has 0 heterocycles. The molecule has 0 bridgehead atoms. The summed E-state index contributed by atoms with van der Waals surface area (Å²) in [7, 11) is 1.61. The van der Waals surface area contributed by atoms with Crippen molar-refractivity contribution in [3.63, 3.8) is 0 Å². The summed E-state index contributed by atoms with van der Waals surface area (Å²) in [6, 6.07) is 10.8.